The fourth-order valence-electron chi connectivity index (χ4n) is 2.29. The minimum Gasteiger partial charge on any atom is -0.364 e. The minimum absolute atomic E-state index is 0.409. The number of nitrogens with two attached hydrogens (primary N) is 1. The zero-order valence-electron chi connectivity index (χ0n) is 12.0. The molecular weight excluding hydrogens is 288 g/mol. The molecule has 0 spiro atoms. The van der Waals surface area contributed by atoms with Gasteiger partial charge in [0.15, 0.2) is 0 Å². The molecule has 0 radical (unpaired) electrons. The van der Waals surface area contributed by atoms with E-state index in [4.69, 9.17) is 17.3 Å². The van der Waals surface area contributed by atoms with Gasteiger partial charge >= 0.3 is 0 Å². The van der Waals surface area contributed by atoms with Gasteiger partial charge in [0.1, 0.15) is 0 Å². The Morgan fingerprint density at radius 2 is 2.10 bits per heavy atom. The van der Waals surface area contributed by atoms with Gasteiger partial charge in [-0.1, -0.05) is 23.7 Å². The molecular formula is C16H21ClN2S. The second-order valence-corrected chi connectivity index (χ2v) is 6.58. The van der Waals surface area contributed by atoms with Crippen molar-refractivity contribution >= 4 is 28.6 Å². The van der Waals surface area contributed by atoms with Crippen molar-refractivity contribution in [2.45, 2.75) is 32.9 Å². The van der Waals surface area contributed by atoms with Crippen molar-refractivity contribution in [2.24, 2.45) is 5.73 Å². The summed E-state index contributed by atoms with van der Waals surface area (Å²) in [5.41, 5.74) is 8.20. The maximum absolute atomic E-state index is 6.19. The van der Waals surface area contributed by atoms with Crippen LogP contribution in [0.1, 0.15) is 24.3 Å². The molecule has 0 atom stereocenters. The van der Waals surface area contributed by atoms with Crippen molar-refractivity contribution in [2.75, 3.05) is 11.4 Å². The predicted octanol–water partition coefficient (Wildman–Crippen LogP) is 4.32. The third kappa shape index (κ3) is 3.75. The lowest BCUT2D eigenvalue weighted by Gasteiger charge is -2.31. The van der Waals surface area contributed by atoms with Crippen LogP contribution in [0.15, 0.2) is 35.7 Å². The molecule has 2 N–H and O–H groups in total. The van der Waals surface area contributed by atoms with E-state index < -0.39 is 0 Å². The van der Waals surface area contributed by atoms with Crippen molar-refractivity contribution in [1.29, 1.82) is 0 Å². The van der Waals surface area contributed by atoms with Crippen molar-refractivity contribution in [3.63, 3.8) is 0 Å². The molecule has 0 saturated carbocycles. The molecule has 0 aliphatic rings. The smallest absolute Gasteiger partial charge is 0.0525 e. The molecule has 0 aliphatic carbocycles. The summed E-state index contributed by atoms with van der Waals surface area (Å²) in [5.74, 6) is 0. The molecule has 2 aromatic rings. The highest BCUT2D eigenvalue weighted by molar-refractivity contribution is 7.09. The Bertz CT molecular complexity index is 537. The zero-order valence-corrected chi connectivity index (χ0v) is 13.5. The van der Waals surface area contributed by atoms with E-state index in [-0.39, 0.29) is 0 Å². The van der Waals surface area contributed by atoms with Crippen molar-refractivity contribution < 1.29 is 0 Å². The average Bonchev–Trinajstić information content (AvgIpc) is 2.91. The number of benzene rings is 1. The molecule has 4 heteroatoms. The Labute approximate surface area is 130 Å². The van der Waals surface area contributed by atoms with E-state index in [9.17, 15) is 0 Å². The largest absolute Gasteiger partial charge is 0.364 e. The van der Waals surface area contributed by atoms with E-state index in [2.05, 4.69) is 48.4 Å². The highest BCUT2D eigenvalue weighted by Crippen LogP contribution is 2.29. The van der Waals surface area contributed by atoms with Crippen LogP contribution in [0, 0.1) is 0 Å². The predicted molar refractivity (Wildman–Crippen MR) is 89.8 cm³/mol. The maximum atomic E-state index is 6.19. The normalized spacial score (nSPS) is 11.1. The molecule has 20 heavy (non-hydrogen) atoms. The van der Waals surface area contributed by atoms with E-state index >= 15 is 0 Å². The lowest BCUT2D eigenvalue weighted by Crippen LogP contribution is -2.31. The lowest BCUT2D eigenvalue weighted by molar-refractivity contribution is 0.682. The number of rotatable bonds is 6. The number of hydrogen-bond acceptors (Lipinski definition) is 3. The summed E-state index contributed by atoms with van der Waals surface area (Å²) < 4.78 is 0. The average molecular weight is 309 g/mol. The van der Waals surface area contributed by atoms with Crippen molar-refractivity contribution in [3.8, 4) is 0 Å². The molecule has 0 amide bonds. The van der Waals surface area contributed by atoms with Gasteiger partial charge in [-0.15, -0.1) is 11.3 Å². The first-order valence-electron chi connectivity index (χ1n) is 6.89. The Kier molecular flexibility index (Phi) is 5.46. The second kappa shape index (κ2) is 7.11. The van der Waals surface area contributed by atoms with Gasteiger partial charge in [0, 0.05) is 21.6 Å². The van der Waals surface area contributed by atoms with E-state index in [1.165, 1.54) is 16.1 Å². The molecule has 108 valence electrons. The van der Waals surface area contributed by atoms with Gasteiger partial charge in [-0.25, -0.2) is 0 Å². The molecule has 0 aliphatic heterocycles. The molecule has 2 rings (SSSR count). The molecule has 2 nitrogen and oxygen atoms in total. The van der Waals surface area contributed by atoms with E-state index in [1.807, 2.05) is 6.07 Å². The van der Waals surface area contributed by atoms with Crippen LogP contribution in [0.25, 0.3) is 0 Å². The maximum Gasteiger partial charge on any atom is 0.0525 e. The van der Waals surface area contributed by atoms with E-state index in [1.54, 1.807) is 11.3 Å². The molecule has 0 bridgehead atoms. The fraction of sp³-hybridized carbons (Fsp3) is 0.375. The van der Waals surface area contributed by atoms with Gasteiger partial charge < -0.3 is 10.6 Å². The summed E-state index contributed by atoms with van der Waals surface area (Å²) in [6.45, 7) is 5.98. The molecule has 0 fully saturated rings. The first-order chi connectivity index (χ1) is 9.61. The van der Waals surface area contributed by atoms with Crippen LogP contribution < -0.4 is 10.6 Å². The van der Waals surface area contributed by atoms with Gasteiger partial charge in [0.05, 0.1) is 6.54 Å². The zero-order chi connectivity index (χ0) is 14.5. The SMILES string of the molecule is CC(C)N(Cc1cccs1)c1cc(Cl)ccc1CCN. The molecule has 1 aromatic heterocycles. The highest BCUT2D eigenvalue weighted by Gasteiger charge is 2.15. The van der Waals surface area contributed by atoms with Crippen LogP contribution in [0.3, 0.4) is 0 Å². The molecule has 1 aromatic carbocycles. The standard InChI is InChI=1S/C16H21ClN2S/c1-12(2)19(11-15-4-3-9-20-15)16-10-14(17)6-5-13(16)7-8-18/h3-6,9-10,12H,7-8,11,18H2,1-2H3. The number of hydrogen-bond donors (Lipinski definition) is 1. The Morgan fingerprint density at radius 3 is 2.70 bits per heavy atom. The summed E-state index contributed by atoms with van der Waals surface area (Å²) in [5, 5.41) is 2.89. The lowest BCUT2D eigenvalue weighted by atomic mass is 10.1. The minimum atomic E-state index is 0.409. The van der Waals surface area contributed by atoms with Crippen LogP contribution in [-0.2, 0) is 13.0 Å². The Balaban J connectivity index is 2.35. The van der Waals surface area contributed by atoms with Crippen LogP contribution in [0.2, 0.25) is 5.02 Å². The summed E-state index contributed by atoms with van der Waals surface area (Å²) in [4.78, 5) is 3.75. The Morgan fingerprint density at radius 1 is 1.30 bits per heavy atom. The summed E-state index contributed by atoms with van der Waals surface area (Å²) >= 11 is 7.98. The molecule has 1 heterocycles. The summed E-state index contributed by atoms with van der Waals surface area (Å²) in [7, 11) is 0. The van der Waals surface area contributed by atoms with Gasteiger partial charge in [-0.2, -0.15) is 0 Å². The van der Waals surface area contributed by atoms with Gasteiger partial charge in [0.2, 0.25) is 0 Å². The summed E-state index contributed by atoms with van der Waals surface area (Å²) in [6, 6.07) is 10.8. The second-order valence-electron chi connectivity index (χ2n) is 5.11. The van der Waals surface area contributed by atoms with Gasteiger partial charge in [0.25, 0.3) is 0 Å². The van der Waals surface area contributed by atoms with E-state index in [0.717, 1.165) is 18.0 Å². The third-order valence-electron chi connectivity index (χ3n) is 3.30. The first-order valence-corrected chi connectivity index (χ1v) is 8.15. The monoisotopic (exact) mass is 308 g/mol. The number of thiophene rings is 1. The number of anilines is 1. The van der Waals surface area contributed by atoms with Gasteiger partial charge in [-0.3, -0.25) is 0 Å². The van der Waals surface area contributed by atoms with Crippen molar-refractivity contribution in [3.05, 3.63) is 51.2 Å². The fourth-order valence-corrected chi connectivity index (χ4v) is 3.16. The van der Waals surface area contributed by atoms with Crippen LogP contribution >= 0.6 is 22.9 Å². The van der Waals surface area contributed by atoms with Crippen LogP contribution in [0.4, 0.5) is 5.69 Å². The van der Waals surface area contributed by atoms with Crippen LogP contribution in [-0.4, -0.2) is 12.6 Å². The summed E-state index contributed by atoms with van der Waals surface area (Å²) in [6.07, 6.45) is 0.875. The van der Waals surface area contributed by atoms with Gasteiger partial charge in [-0.05, 0) is 56.0 Å². The number of halogens is 1. The topological polar surface area (TPSA) is 29.3 Å². The third-order valence-corrected chi connectivity index (χ3v) is 4.40. The first kappa shape index (κ1) is 15.4. The van der Waals surface area contributed by atoms with Crippen LogP contribution in [0.5, 0.6) is 0 Å². The van der Waals surface area contributed by atoms with E-state index in [0.29, 0.717) is 12.6 Å². The molecule has 0 unspecified atom stereocenters. The Hall–Kier alpha value is -1.03. The quantitative estimate of drug-likeness (QED) is 0.861. The number of nitrogens with zero attached hydrogens (tertiary/aromatic N) is 1. The highest BCUT2D eigenvalue weighted by atomic mass is 35.5. The van der Waals surface area contributed by atoms with Crippen molar-refractivity contribution in [1.82, 2.24) is 0 Å². The molecule has 0 saturated heterocycles.